The van der Waals surface area contributed by atoms with Crippen LogP contribution in [0.4, 0.5) is 26.2 Å². The van der Waals surface area contributed by atoms with E-state index in [1.807, 2.05) is 49.4 Å². The van der Waals surface area contributed by atoms with Crippen LogP contribution in [0.3, 0.4) is 0 Å². The van der Waals surface area contributed by atoms with Gasteiger partial charge in [-0.05, 0) is 55.0 Å². The zero-order chi connectivity index (χ0) is 28.0. The molecule has 4 amide bonds. The average molecular weight is 626 g/mol. The third-order valence-corrected chi connectivity index (χ3v) is 7.99. The van der Waals surface area contributed by atoms with Crippen molar-refractivity contribution in [2.75, 3.05) is 23.3 Å². The highest BCUT2D eigenvalue weighted by molar-refractivity contribution is 7.59. The van der Waals surface area contributed by atoms with Crippen molar-refractivity contribution >= 4 is 83.5 Å². The maximum Gasteiger partial charge on any atom is 0.331 e. The molecule has 2 aliphatic rings. The van der Waals surface area contributed by atoms with Gasteiger partial charge in [0.25, 0.3) is 5.91 Å². The van der Waals surface area contributed by atoms with Crippen LogP contribution in [0.1, 0.15) is 15.2 Å². The van der Waals surface area contributed by atoms with E-state index in [-0.39, 0.29) is 45.0 Å². The lowest BCUT2D eigenvalue weighted by atomic mass is 10.1. The van der Waals surface area contributed by atoms with Crippen molar-refractivity contribution in [3.05, 3.63) is 83.9 Å². The predicted octanol–water partition coefficient (Wildman–Crippen LogP) is 5.77. The average Bonchev–Trinajstić information content (AvgIpc) is 3.50. The Morgan fingerprint density at radius 1 is 1.12 bits per heavy atom. The van der Waals surface area contributed by atoms with Crippen molar-refractivity contribution in [3.8, 4) is 11.5 Å². The summed E-state index contributed by atoms with van der Waals surface area (Å²) in [6.45, 7) is 5.22. The topological polar surface area (TPSA) is 104 Å². The summed E-state index contributed by atoms with van der Waals surface area (Å²) in [5.74, 6) is 0.391. The number of nitrogens with one attached hydrogen (secondary N) is 2. The van der Waals surface area contributed by atoms with Gasteiger partial charge in [0.15, 0.2) is 0 Å². The molecule has 2 aromatic heterocycles. The number of carbonyl (C=O) groups excluding carboxylic acids is 3. The highest BCUT2D eigenvalue weighted by Gasteiger charge is 2.38. The maximum absolute atomic E-state index is 14.6. The number of hydrogen-bond donors (Lipinski definition) is 2. The predicted molar refractivity (Wildman–Crippen MR) is 172 cm³/mol. The quantitative estimate of drug-likeness (QED) is 0.265. The van der Waals surface area contributed by atoms with Gasteiger partial charge < -0.3 is 20.3 Å². The molecule has 4 heterocycles. The van der Waals surface area contributed by atoms with E-state index in [4.69, 9.17) is 4.74 Å². The highest BCUT2D eigenvalue weighted by Crippen LogP contribution is 2.46. The largest absolute Gasteiger partial charge is 0.457 e. The zero-order valence-electron chi connectivity index (χ0n) is 22.4. The van der Waals surface area contributed by atoms with Crippen molar-refractivity contribution in [3.63, 3.8) is 0 Å². The maximum atomic E-state index is 14.6. The Morgan fingerprint density at radius 2 is 1.88 bits per heavy atom. The summed E-state index contributed by atoms with van der Waals surface area (Å²) < 4.78 is 20.6. The summed E-state index contributed by atoms with van der Waals surface area (Å²) in [6, 6.07) is 15.3. The van der Waals surface area contributed by atoms with Gasteiger partial charge in [0.2, 0.25) is 5.91 Å². The Hall–Kier alpha value is -4.07. The molecule has 9 nitrogen and oxygen atoms in total. The van der Waals surface area contributed by atoms with Crippen LogP contribution in [0.5, 0.6) is 11.5 Å². The number of pyridine rings is 1. The molecule has 0 saturated carbocycles. The summed E-state index contributed by atoms with van der Waals surface area (Å²) in [5, 5.41) is 6.16. The molecule has 42 heavy (non-hydrogen) atoms. The number of amides is 4. The third-order valence-electron chi connectivity index (χ3n) is 6.89. The lowest BCUT2D eigenvalue weighted by Gasteiger charge is -2.29. The monoisotopic (exact) mass is 625 g/mol. The van der Waals surface area contributed by atoms with Crippen LogP contribution in [-0.2, 0) is 4.79 Å². The lowest BCUT2D eigenvalue weighted by Crippen LogP contribution is -2.42. The first-order chi connectivity index (χ1) is 19.3. The molecule has 2 aromatic carbocycles. The fourth-order valence-electron chi connectivity index (χ4n) is 4.99. The minimum Gasteiger partial charge on any atom is -0.457 e. The van der Waals surface area contributed by atoms with Gasteiger partial charge in [0, 0.05) is 12.7 Å². The summed E-state index contributed by atoms with van der Waals surface area (Å²) in [6.07, 6.45) is 1.28. The number of para-hydroxylation sites is 1. The van der Waals surface area contributed by atoms with Crippen molar-refractivity contribution in [2.45, 2.75) is 19.1 Å². The Labute approximate surface area is 259 Å². The number of halogens is 1. The number of nitrogens with zero attached hydrogens (tertiary/aromatic N) is 3. The van der Waals surface area contributed by atoms with Crippen LogP contribution in [-0.4, -0.2) is 53.0 Å². The Kier molecular flexibility index (Phi) is 9.14. The number of ether oxygens (including phenoxy) is 1. The first-order valence-electron chi connectivity index (χ1n) is 12.6. The molecular formula is C29H28FN5O4S3. The molecule has 13 heteroatoms. The number of anilines is 3. The molecule has 0 bridgehead atoms. The van der Waals surface area contributed by atoms with Crippen molar-refractivity contribution in [2.24, 2.45) is 0 Å². The van der Waals surface area contributed by atoms with E-state index in [0.29, 0.717) is 38.8 Å². The minimum absolute atomic E-state index is 0. The summed E-state index contributed by atoms with van der Waals surface area (Å²) in [7, 11) is 0. The van der Waals surface area contributed by atoms with Gasteiger partial charge in [-0.15, -0.1) is 11.3 Å². The van der Waals surface area contributed by atoms with Crippen molar-refractivity contribution in [1.82, 2.24) is 15.2 Å². The summed E-state index contributed by atoms with van der Waals surface area (Å²) in [4.78, 5) is 46.7. The Balaban J connectivity index is 0.00000202. The normalized spacial score (nSPS) is 17.1. The van der Waals surface area contributed by atoms with Crippen LogP contribution in [0.2, 0.25) is 0 Å². The van der Waals surface area contributed by atoms with E-state index in [1.165, 1.54) is 4.90 Å². The van der Waals surface area contributed by atoms with Crippen molar-refractivity contribution in [1.29, 1.82) is 0 Å². The number of aromatic nitrogens is 1. The number of thiophene rings is 1. The number of urea groups is 1. The molecule has 0 radical (unpaired) electrons. The molecule has 4 aromatic rings. The number of benzene rings is 2. The van der Waals surface area contributed by atoms with Gasteiger partial charge in [0.05, 0.1) is 35.0 Å². The molecule has 1 fully saturated rings. The van der Waals surface area contributed by atoms with E-state index in [1.54, 1.807) is 23.2 Å². The number of carbonyl (C=O) groups is 3. The Bertz CT molecular complexity index is 1680. The van der Waals surface area contributed by atoms with Gasteiger partial charge in [-0.2, -0.15) is 27.0 Å². The Morgan fingerprint density at radius 3 is 2.60 bits per heavy atom. The van der Waals surface area contributed by atoms with Crippen LogP contribution < -0.4 is 20.3 Å². The highest BCUT2D eigenvalue weighted by atomic mass is 32.1. The molecule has 218 valence electrons. The van der Waals surface area contributed by atoms with E-state index in [2.05, 4.69) is 22.2 Å². The zero-order valence-corrected chi connectivity index (χ0v) is 25.2. The van der Waals surface area contributed by atoms with Crippen LogP contribution in [0.25, 0.3) is 10.2 Å². The molecule has 0 aliphatic carbocycles. The van der Waals surface area contributed by atoms with E-state index >= 15 is 0 Å². The molecule has 2 aliphatic heterocycles. The molecule has 2 N–H and O–H groups in total. The fraction of sp³-hybridized carbons (Fsp3) is 0.172. The van der Waals surface area contributed by atoms with Gasteiger partial charge in [0.1, 0.15) is 27.4 Å². The molecular weight excluding hydrogens is 598 g/mol. The number of alkyl halides is 1. The third kappa shape index (κ3) is 5.54. The smallest absolute Gasteiger partial charge is 0.331 e. The number of likely N-dealkylation sites (tertiary alicyclic amines) is 1. The fourth-order valence-corrected chi connectivity index (χ4v) is 6.02. The van der Waals surface area contributed by atoms with Gasteiger partial charge in [-0.25, -0.2) is 14.2 Å². The molecule has 0 spiro atoms. The first kappa shape index (κ1) is 30.9. The van der Waals surface area contributed by atoms with Gasteiger partial charge >= 0.3 is 6.03 Å². The number of hydrogen-bond acceptors (Lipinski definition) is 6. The number of aryl methyl sites for hydroxylation is 1. The lowest BCUT2D eigenvalue weighted by molar-refractivity contribution is -0.125. The van der Waals surface area contributed by atoms with E-state index < -0.39 is 30.1 Å². The van der Waals surface area contributed by atoms with E-state index in [9.17, 15) is 18.8 Å². The molecule has 0 unspecified atom stereocenters. The standard InChI is InChI=1S/C29H24FN5O4S.2H2S/c1-3-23(36)34-14-19(30)20(15-34)32-27(37)26-25-24-22(11-12-31-28(24)40-26)35(29(38)33-25)21-10-9-18(13-16(21)2)39-17-7-5-4-6-8-17;;/h3-13,19-20H,1,14-15H2,2H3,(H,32,37)(H,33,38);2*1H2/t19-,20-;;/m0../s1. The first-order valence-corrected chi connectivity index (χ1v) is 13.4. The molecule has 2 atom stereocenters. The van der Waals surface area contributed by atoms with Gasteiger partial charge in [-0.1, -0.05) is 24.8 Å². The second-order valence-electron chi connectivity index (χ2n) is 9.49. The van der Waals surface area contributed by atoms with Crippen LogP contribution in [0, 0.1) is 6.92 Å². The van der Waals surface area contributed by atoms with Crippen LogP contribution in [0.15, 0.2) is 73.4 Å². The summed E-state index contributed by atoms with van der Waals surface area (Å²) in [5.41, 5.74) is 2.35. The van der Waals surface area contributed by atoms with Crippen LogP contribution >= 0.6 is 38.3 Å². The van der Waals surface area contributed by atoms with Crippen molar-refractivity contribution < 1.29 is 23.5 Å². The second-order valence-corrected chi connectivity index (χ2v) is 10.5. The van der Waals surface area contributed by atoms with Gasteiger partial charge in [-0.3, -0.25) is 14.5 Å². The summed E-state index contributed by atoms with van der Waals surface area (Å²) >= 11 is 1.11. The minimum atomic E-state index is -1.42. The van der Waals surface area contributed by atoms with E-state index in [0.717, 1.165) is 23.0 Å². The molecule has 6 rings (SSSR count). The second kappa shape index (κ2) is 12.4. The number of rotatable bonds is 6. The molecule has 1 saturated heterocycles. The SMILES string of the molecule is C=CC(=O)N1C[C@H](NC(=O)c2sc3nccc4c3c2NC(=O)N4c2ccc(Oc3ccccc3)cc2C)[C@@H](F)C1.S.S.